The van der Waals surface area contributed by atoms with Gasteiger partial charge in [0.2, 0.25) is 11.8 Å². The molecule has 12 heteroatoms. The molecule has 0 radical (unpaired) electrons. The molecule has 248 valence electrons. The fraction of sp³-hybridized carbons (Fsp3) is 0.429. The van der Waals surface area contributed by atoms with Crippen molar-refractivity contribution >= 4 is 17.7 Å². The molecule has 3 amide bonds. The fourth-order valence-electron chi connectivity index (χ4n) is 6.61. The number of phenolic OH excluding ortho intramolecular Hbond substituents is 1. The zero-order valence-electron chi connectivity index (χ0n) is 26.2. The van der Waals surface area contributed by atoms with E-state index in [2.05, 4.69) is 10.3 Å². The van der Waals surface area contributed by atoms with Gasteiger partial charge in [-0.2, -0.15) is 0 Å². The van der Waals surface area contributed by atoms with E-state index in [-0.39, 0.29) is 73.0 Å². The number of aromatic nitrogens is 1. The number of para-hydroxylation sites is 1. The first-order valence-corrected chi connectivity index (χ1v) is 16.2. The van der Waals surface area contributed by atoms with E-state index in [4.69, 9.17) is 9.47 Å². The number of phenols is 1. The molecule has 6 bridgehead atoms. The SMILES string of the molecule is O=C1N[C@H]2C[C@@H](C(=O)N3CCC(CC3)CN(C(=O)c3ccccc3F)CCOCCOc3cccc1n3)N(Cc1ccccc1O)C2. The van der Waals surface area contributed by atoms with E-state index in [0.717, 1.165) is 0 Å². The van der Waals surface area contributed by atoms with Crippen LogP contribution in [-0.4, -0.2) is 107 Å². The van der Waals surface area contributed by atoms with Crippen molar-refractivity contribution in [1.29, 1.82) is 0 Å². The van der Waals surface area contributed by atoms with Gasteiger partial charge in [-0.1, -0.05) is 36.4 Å². The standard InChI is InChI=1S/C35H40FN5O6/c36-28-8-3-2-7-27(28)34(44)40-16-17-46-18-19-47-32-11-5-9-29(38-32)33(43)37-26-20-30(35(45)39-14-12-24(21-40)13-15-39)41(23-26)22-25-6-1-4-10-31(25)42/h1-11,24,26,30,42H,12-23H2,(H,37,43)/t26-,30-/m0/s1. The highest BCUT2D eigenvalue weighted by atomic mass is 19.1. The average molecular weight is 646 g/mol. The minimum Gasteiger partial charge on any atom is -0.508 e. The van der Waals surface area contributed by atoms with Crippen LogP contribution < -0.4 is 10.1 Å². The van der Waals surface area contributed by atoms with Crippen molar-refractivity contribution in [2.24, 2.45) is 5.92 Å². The van der Waals surface area contributed by atoms with Gasteiger partial charge in [-0.15, -0.1) is 0 Å². The van der Waals surface area contributed by atoms with Gasteiger partial charge in [0.05, 0.1) is 24.8 Å². The Morgan fingerprint density at radius 1 is 0.936 bits per heavy atom. The van der Waals surface area contributed by atoms with E-state index in [1.165, 1.54) is 12.1 Å². The summed E-state index contributed by atoms with van der Waals surface area (Å²) >= 11 is 0. The number of pyridine rings is 1. The number of benzene rings is 2. The molecular formula is C35H40FN5O6. The summed E-state index contributed by atoms with van der Waals surface area (Å²) in [6.45, 7) is 3.15. The lowest BCUT2D eigenvalue weighted by Crippen LogP contribution is -2.49. The van der Waals surface area contributed by atoms with Crippen LogP contribution in [-0.2, 0) is 16.1 Å². The Labute approximate surface area is 273 Å². The summed E-state index contributed by atoms with van der Waals surface area (Å²) in [4.78, 5) is 50.6. The van der Waals surface area contributed by atoms with Gasteiger partial charge >= 0.3 is 0 Å². The van der Waals surface area contributed by atoms with Gasteiger partial charge in [-0.05, 0) is 49.4 Å². The van der Waals surface area contributed by atoms with Gasteiger partial charge in [0.15, 0.2) is 0 Å². The van der Waals surface area contributed by atoms with Crippen LogP contribution in [0.4, 0.5) is 4.39 Å². The van der Waals surface area contributed by atoms with Crippen molar-refractivity contribution in [1.82, 2.24) is 25.0 Å². The third-order valence-electron chi connectivity index (χ3n) is 9.12. The number of carbonyl (C=O) groups is 3. The van der Waals surface area contributed by atoms with Crippen molar-refractivity contribution in [3.8, 4) is 11.6 Å². The number of nitrogens with one attached hydrogen (secondary N) is 1. The third-order valence-corrected chi connectivity index (χ3v) is 9.12. The molecule has 11 nitrogen and oxygen atoms in total. The van der Waals surface area contributed by atoms with Crippen LogP contribution in [0, 0.1) is 11.7 Å². The first-order chi connectivity index (χ1) is 22.9. The molecule has 2 fully saturated rings. The van der Waals surface area contributed by atoms with E-state index >= 15 is 0 Å². The third kappa shape index (κ3) is 7.88. The minimum absolute atomic E-state index is 0.0170. The van der Waals surface area contributed by atoms with Gasteiger partial charge in [-0.3, -0.25) is 19.3 Å². The number of ether oxygens (including phenoxy) is 2. The molecule has 2 N–H and O–H groups in total. The van der Waals surface area contributed by atoms with Crippen molar-refractivity contribution in [3.63, 3.8) is 0 Å². The predicted molar refractivity (Wildman–Crippen MR) is 170 cm³/mol. The molecule has 5 heterocycles. The van der Waals surface area contributed by atoms with E-state index in [1.807, 2.05) is 21.9 Å². The Balaban J connectivity index is 1.23. The zero-order chi connectivity index (χ0) is 32.8. The van der Waals surface area contributed by atoms with Crippen molar-refractivity contribution in [3.05, 3.63) is 89.4 Å². The Bertz CT molecular complexity index is 1580. The molecule has 3 aromatic rings. The van der Waals surface area contributed by atoms with Crippen LogP contribution in [0.15, 0.2) is 66.7 Å². The molecule has 2 aromatic carbocycles. The first kappa shape index (κ1) is 32.4. The highest BCUT2D eigenvalue weighted by Crippen LogP contribution is 2.28. The Morgan fingerprint density at radius 2 is 1.72 bits per heavy atom. The number of halogens is 1. The lowest BCUT2D eigenvalue weighted by atomic mass is 9.95. The average Bonchev–Trinajstić information content (AvgIpc) is 3.48. The quantitative estimate of drug-likeness (QED) is 0.417. The number of likely N-dealkylation sites (tertiary alicyclic amines) is 1. The largest absolute Gasteiger partial charge is 0.508 e. The number of amides is 3. The molecule has 0 unspecified atom stereocenters. The van der Waals surface area contributed by atoms with Crippen molar-refractivity contribution in [2.45, 2.75) is 37.9 Å². The second-order valence-electron chi connectivity index (χ2n) is 12.3. The molecule has 1 aromatic heterocycles. The maximum Gasteiger partial charge on any atom is 0.270 e. The first-order valence-electron chi connectivity index (χ1n) is 16.2. The van der Waals surface area contributed by atoms with E-state index < -0.39 is 17.8 Å². The highest BCUT2D eigenvalue weighted by molar-refractivity contribution is 5.94. The Kier molecular flexibility index (Phi) is 10.3. The number of nitrogens with zero attached hydrogens (tertiary/aromatic N) is 4. The second kappa shape index (κ2) is 14.9. The molecule has 0 saturated carbocycles. The van der Waals surface area contributed by atoms with Crippen molar-refractivity contribution in [2.75, 3.05) is 52.5 Å². The minimum atomic E-state index is -0.569. The summed E-state index contributed by atoms with van der Waals surface area (Å²) in [5.74, 6) is -0.802. The maximum atomic E-state index is 14.6. The summed E-state index contributed by atoms with van der Waals surface area (Å²) in [5.41, 5.74) is 0.914. The molecule has 4 aliphatic heterocycles. The molecule has 47 heavy (non-hydrogen) atoms. The molecular weight excluding hydrogens is 605 g/mol. The predicted octanol–water partition coefficient (Wildman–Crippen LogP) is 3.09. The van der Waals surface area contributed by atoms with Crippen LogP contribution >= 0.6 is 0 Å². The number of hydrogen-bond acceptors (Lipinski definition) is 8. The van der Waals surface area contributed by atoms with Gasteiger partial charge < -0.3 is 29.7 Å². The number of carbonyl (C=O) groups excluding carboxylic acids is 3. The Morgan fingerprint density at radius 3 is 2.53 bits per heavy atom. The van der Waals surface area contributed by atoms with Gasteiger partial charge in [0, 0.05) is 56.9 Å². The monoisotopic (exact) mass is 645 g/mol. The number of fused-ring (bicyclic) bond motifs is 10. The molecule has 0 spiro atoms. The van der Waals surface area contributed by atoms with Gasteiger partial charge in [-0.25, -0.2) is 9.37 Å². The van der Waals surface area contributed by atoms with Crippen LogP contribution in [0.3, 0.4) is 0 Å². The fourth-order valence-corrected chi connectivity index (χ4v) is 6.61. The molecule has 0 aliphatic carbocycles. The van der Waals surface area contributed by atoms with E-state index in [9.17, 15) is 23.9 Å². The number of aromatic hydroxyl groups is 1. The van der Waals surface area contributed by atoms with E-state index in [1.54, 1.807) is 47.4 Å². The summed E-state index contributed by atoms with van der Waals surface area (Å²) < 4.78 is 26.1. The van der Waals surface area contributed by atoms with Gasteiger partial charge in [0.25, 0.3) is 11.8 Å². The summed E-state index contributed by atoms with van der Waals surface area (Å²) in [5, 5.41) is 13.5. The maximum absolute atomic E-state index is 14.6. The van der Waals surface area contributed by atoms with Crippen LogP contribution in [0.2, 0.25) is 0 Å². The highest BCUT2D eigenvalue weighted by Gasteiger charge is 2.40. The normalized spacial score (nSPS) is 23.1. The second-order valence-corrected chi connectivity index (χ2v) is 12.3. The smallest absolute Gasteiger partial charge is 0.270 e. The molecule has 2 saturated heterocycles. The summed E-state index contributed by atoms with van der Waals surface area (Å²) in [6.07, 6.45) is 1.79. The van der Waals surface area contributed by atoms with Crippen molar-refractivity contribution < 1.29 is 33.4 Å². The summed E-state index contributed by atoms with van der Waals surface area (Å²) in [6, 6.07) is 17.2. The lowest BCUT2D eigenvalue weighted by Gasteiger charge is -2.37. The van der Waals surface area contributed by atoms with Crippen LogP contribution in [0.5, 0.6) is 11.6 Å². The van der Waals surface area contributed by atoms with Crippen LogP contribution in [0.1, 0.15) is 45.7 Å². The summed E-state index contributed by atoms with van der Waals surface area (Å²) in [7, 11) is 0. The molecule has 4 aliphatic rings. The molecule has 2 atom stereocenters. The lowest BCUT2D eigenvalue weighted by molar-refractivity contribution is -0.137. The Hall–Kier alpha value is -4.55. The van der Waals surface area contributed by atoms with E-state index in [0.29, 0.717) is 57.5 Å². The van der Waals surface area contributed by atoms with Crippen LogP contribution in [0.25, 0.3) is 0 Å². The number of hydrogen-bond donors (Lipinski definition) is 2. The number of piperidine rings is 1. The number of rotatable bonds is 3. The molecule has 7 rings (SSSR count). The zero-order valence-corrected chi connectivity index (χ0v) is 26.2. The van der Waals surface area contributed by atoms with Gasteiger partial charge in [0.1, 0.15) is 23.9 Å². The topological polar surface area (TPSA) is 125 Å².